The molecule has 2 aliphatic heterocycles. The molecule has 0 spiro atoms. The molecule has 0 amide bonds. The van der Waals surface area contributed by atoms with Crippen molar-refractivity contribution in [1.29, 1.82) is 0 Å². The van der Waals surface area contributed by atoms with E-state index in [2.05, 4.69) is 10.6 Å². The first kappa shape index (κ1) is 19.9. The molecule has 6 heteroatoms. The van der Waals surface area contributed by atoms with Crippen molar-refractivity contribution in [2.24, 2.45) is 23.7 Å². The fraction of sp³-hybridized carbons (Fsp3) is 0.875. The van der Waals surface area contributed by atoms with Crippen LogP contribution >= 0.6 is 24.8 Å². The van der Waals surface area contributed by atoms with Crippen LogP contribution in [0.1, 0.15) is 38.5 Å². The molecule has 2 heterocycles. The van der Waals surface area contributed by atoms with Gasteiger partial charge in [0.1, 0.15) is 11.6 Å². The van der Waals surface area contributed by atoms with Crippen LogP contribution in [-0.2, 0) is 9.59 Å². The van der Waals surface area contributed by atoms with E-state index in [9.17, 15) is 9.59 Å². The van der Waals surface area contributed by atoms with Gasteiger partial charge in [-0.05, 0) is 50.6 Å². The lowest BCUT2D eigenvalue weighted by Gasteiger charge is -2.24. The summed E-state index contributed by atoms with van der Waals surface area (Å²) in [4.78, 5) is 22.3. The first-order valence-electron chi connectivity index (χ1n) is 8.22. The lowest BCUT2D eigenvalue weighted by atomic mass is 9.89. The molecule has 128 valence electrons. The van der Waals surface area contributed by atoms with Crippen molar-refractivity contribution in [2.75, 3.05) is 26.2 Å². The highest BCUT2D eigenvalue weighted by molar-refractivity contribution is 5.86. The minimum absolute atomic E-state index is 0. The summed E-state index contributed by atoms with van der Waals surface area (Å²) in [6.07, 6.45) is 6.44. The van der Waals surface area contributed by atoms with Crippen LogP contribution in [0.5, 0.6) is 0 Å². The van der Waals surface area contributed by atoms with E-state index in [1.54, 1.807) is 0 Å². The van der Waals surface area contributed by atoms with E-state index in [1.807, 2.05) is 0 Å². The maximum absolute atomic E-state index is 11.2. The summed E-state index contributed by atoms with van der Waals surface area (Å²) in [6.45, 7) is 4.13. The number of ketones is 2. The molecule has 0 bridgehead atoms. The highest BCUT2D eigenvalue weighted by Crippen LogP contribution is 2.33. The van der Waals surface area contributed by atoms with Crippen molar-refractivity contribution in [2.45, 2.75) is 38.5 Å². The van der Waals surface area contributed by atoms with Crippen molar-refractivity contribution in [3.63, 3.8) is 0 Å². The minimum atomic E-state index is 0. The standard InChI is InChI=1S/2C8H13NO.2ClH/c2*10-8-2-1-6-3-4-9-5-7(6)8;;/h2*6-7,9H,1-5H2;2*1H/t2*6-,7+;;/m10../s1. The summed E-state index contributed by atoms with van der Waals surface area (Å²) in [6, 6.07) is 0. The van der Waals surface area contributed by atoms with Crippen molar-refractivity contribution in [3.8, 4) is 0 Å². The fourth-order valence-electron chi connectivity index (χ4n) is 4.30. The largest absolute Gasteiger partial charge is 0.316 e. The molecule has 0 aromatic rings. The van der Waals surface area contributed by atoms with Crippen LogP contribution in [0.25, 0.3) is 0 Å². The number of Topliss-reactive ketones (excluding diaryl/α,β-unsaturated/α-hetero) is 2. The molecule has 2 saturated carbocycles. The lowest BCUT2D eigenvalue weighted by Crippen LogP contribution is -2.36. The number of hydrogen-bond donors (Lipinski definition) is 2. The average Bonchev–Trinajstić information content (AvgIpc) is 3.05. The van der Waals surface area contributed by atoms with E-state index < -0.39 is 0 Å². The molecule has 4 fully saturated rings. The van der Waals surface area contributed by atoms with Gasteiger partial charge >= 0.3 is 0 Å². The molecule has 4 nitrogen and oxygen atoms in total. The summed E-state index contributed by atoms with van der Waals surface area (Å²) in [5.74, 6) is 3.22. The lowest BCUT2D eigenvalue weighted by molar-refractivity contribution is -0.122. The maximum atomic E-state index is 11.2. The Hall–Kier alpha value is -0.160. The minimum Gasteiger partial charge on any atom is -0.316 e. The monoisotopic (exact) mass is 350 g/mol. The van der Waals surface area contributed by atoms with E-state index in [0.717, 1.165) is 63.7 Å². The Morgan fingerprint density at radius 2 is 1.09 bits per heavy atom. The number of carbonyl (C=O) groups excluding carboxylic acids is 2. The molecule has 4 atom stereocenters. The van der Waals surface area contributed by atoms with Gasteiger partial charge in [-0.1, -0.05) is 0 Å². The zero-order valence-electron chi connectivity index (χ0n) is 13.0. The molecule has 22 heavy (non-hydrogen) atoms. The highest BCUT2D eigenvalue weighted by Gasteiger charge is 2.36. The Balaban J connectivity index is 0.000000202. The molecule has 4 rings (SSSR count). The van der Waals surface area contributed by atoms with Crippen molar-refractivity contribution in [3.05, 3.63) is 0 Å². The van der Waals surface area contributed by atoms with E-state index >= 15 is 0 Å². The first-order valence-corrected chi connectivity index (χ1v) is 8.22. The summed E-state index contributed by atoms with van der Waals surface area (Å²) in [5.41, 5.74) is 0. The SMILES string of the molecule is Cl.Cl.O=C1CC[C@@H]2CCNC[C@H]12.O=C1CC[C@H]2CCNC[C@@H]12. The van der Waals surface area contributed by atoms with Crippen LogP contribution in [0.15, 0.2) is 0 Å². The van der Waals surface area contributed by atoms with Gasteiger partial charge in [-0.2, -0.15) is 0 Å². The molecule has 4 aliphatic rings. The highest BCUT2D eigenvalue weighted by atomic mass is 35.5. The summed E-state index contributed by atoms with van der Waals surface area (Å²) in [7, 11) is 0. The van der Waals surface area contributed by atoms with E-state index in [1.165, 1.54) is 12.8 Å². The van der Waals surface area contributed by atoms with Gasteiger partial charge in [0.2, 0.25) is 0 Å². The molecule has 0 aromatic carbocycles. The zero-order valence-corrected chi connectivity index (χ0v) is 14.6. The Labute approximate surface area is 145 Å². The zero-order chi connectivity index (χ0) is 13.9. The summed E-state index contributed by atoms with van der Waals surface area (Å²) in [5, 5.41) is 6.53. The second-order valence-electron chi connectivity index (χ2n) is 6.73. The predicted molar refractivity (Wildman–Crippen MR) is 91.9 cm³/mol. The van der Waals surface area contributed by atoms with E-state index in [0.29, 0.717) is 23.4 Å². The number of halogens is 2. The van der Waals surface area contributed by atoms with Crippen LogP contribution in [0, 0.1) is 23.7 Å². The number of hydrogen-bond acceptors (Lipinski definition) is 4. The Morgan fingerprint density at radius 1 is 0.682 bits per heavy atom. The topological polar surface area (TPSA) is 58.2 Å². The molecular weight excluding hydrogens is 323 g/mol. The van der Waals surface area contributed by atoms with Gasteiger partial charge < -0.3 is 10.6 Å². The second kappa shape index (κ2) is 9.21. The number of fused-ring (bicyclic) bond motifs is 2. The second-order valence-corrected chi connectivity index (χ2v) is 6.73. The van der Waals surface area contributed by atoms with E-state index in [4.69, 9.17) is 0 Å². The number of nitrogens with one attached hydrogen (secondary N) is 2. The third kappa shape index (κ3) is 4.44. The smallest absolute Gasteiger partial charge is 0.137 e. The van der Waals surface area contributed by atoms with Gasteiger partial charge in [0.25, 0.3) is 0 Å². The quantitative estimate of drug-likeness (QED) is 0.701. The Bertz CT molecular complexity index is 356. The predicted octanol–water partition coefficient (Wildman–Crippen LogP) is 1.99. The molecule has 0 radical (unpaired) electrons. The molecule has 2 aliphatic carbocycles. The molecular formula is C16H28Cl2N2O2. The van der Waals surface area contributed by atoms with Gasteiger partial charge in [-0.15, -0.1) is 24.8 Å². The number of carbonyl (C=O) groups is 2. The third-order valence-corrected chi connectivity index (χ3v) is 5.60. The van der Waals surface area contributed by atoms with Crippen LogP contribution in [-0.4, -0.2) is 37.7 Å². The van der Waals surface area contributed by atoms with Gasteiger partial charge in [0, 0.05) is 37.8 Å². The number of piperidine rings is 2. The van der Waals surface area contributed by atoms with Crippen LogP contribution in [0.4, 0.5) is 0 Å². The van der Waals surface area contributed by atoms with Crippen molar-refractivity contribution < 1.29 is 9.59 Å². The van der Waals surface area contributed by atoms with Gasteiger partial charge in [-0.3, -0.25) is 9.59 Å². The molecule has 2 saturated heterocycles. The van der Waals surface area contributed by atoms with Gasteiger partial charge in [-0.25, -0.2) is 0 Å². The summed E-state index contributed by atoms with van der Waals surface area (Å²) >= 11 is 0. The normalized spacial score (nSPS) is 36.2. The maximum Gasteiger partial charge on any atom is 0.137 e. The molecule has 0 aromatic heterocycles. The average molecular weight is 351 g/mol. The number of rotatable bonds is 0. The van der Waals surface area contributed by atoms with E-state index in [-0.39, 0.29) is 24.8 Å². The molecule has 0 unspecified atom stereocenters. The van der Waals surface area contributed by atoms with Crippen molar-refractivity contribution >= 4 is 36.4 Å². The Morgan fingerprint density at radius 3 is 1.45 bits per heavy atom. The summed E-state index contributed by atoms with van der Waals surface area (Å²) < 4.78 is 0. The Kier molecular flexibility index (Phi) is 8.33. The first-order chi connectivity index (χ1) is 9.75. The molecule has 2 N–H and O–H groups in total. The van der Waals surface area contributed by atoms with Gasteiger partial charge in [0.05, 0.1) is 0 Å². The van der Waals surface area contributed by atoms with Gasteiger partial charge in [0.15, 0.2) is 0 Å². The van der Waals surface area contributed by atoms with Crippen molar-refractivity contribution in [1.82, 2.24) is 10.6 Å². The third-order valence-electron chi connectivity index (χ3n) is 5.60. The van der Waals surface area contributed by atoms with Crippen LogP contribution in [0.2, 0.25) is 0 Å². The van der Waals surface area contributed by atoms with Crippen LogP contribution in [0.3, 0.4) is 0 Å². The fourth-order valence-corrected chi connectivity index (χ4v) is 4.30. The van der Waals surface area contributed by atoms with Crippen LogP contribution < -0.4 is 10.6 Å².